The number of hydrogen-bond acceptors (Lipinski definition) is 3. The van der Waals surface area contributed by atoms with Crippen molar-refractivity contribution in [2.24, 2.45) is 11.8 Å². The topological polar surface area (TPSA) is 58.2 Å². The van der Waals surface area contributed by atoms with Crippen LogP contribution in [0.1, 0.15) is 53.0 Å². The number of H-pyrrole nitrogens is 1. The van der Waals surface area contributed by atoms with Crippen LogP contribution in [0, 0.1) is 18.8 Å². The summed E-state index contributed by atoms with van der Waals surface area (Å²) in [6.07, 6.45) is 5.88. The Morgan fingerprint density at radius 3 is 2.44 bits per heavy atom. The first-order valence-electron chi connectivity index (χ1n) is 10.1. The second kappa shape index (κ2) is 8.26. The van der Waals surface area contributed by atoms with Crippen molar-refractivity contribution < 1.29 is 9.53 Å². The first-order chi connectivity index (χ1) is 13.2. The quantitative estimate of drug-likeness (QED) is 0.811. The van der Waals surface area contributed by atoms with Crippen molar-refractivity contribution in [3.8, 4) is 0 Å². The maximum absolute atomic E-state index is 12.5. The molecule has 1 saturated heterocycles. The van der Waals surface area contributed by atoms with Crippen LogP contribution in [0.2, 0.25) is 0 Å². The summed E-state index contributed by atoms with van der Waals surface area (Å²) in [5, 5.41) is 6.94. The molecule has 0 spiro atoms. The Morgan fingerprint density at radius 2 is 1.81 bits per heavy atom. The number of hydrogen-bond donors (Lipinski definition) is 1. The minimum Gasteiger partial charge on any atom is -0.376 e. The molecule has 27 heavy (non-hydrogen) atoms. The van der Waals surface area contributed by atoms with E-state index in [0.717, 1.165) is 57.2 Å². The molecule has 1 N–H and O–H groups in total. The molecule has 1 aromatic carbocycles. The molecular weight excluding hydrogens is 338 g/mol. The van der Waals surface area contributed by atoms with Gasteiger partial charge in [-0.25, -0.2) is 0 Å². The average molecular weight is 367 g/mol. The van der Waals surface area contributed by atoms with E-state index in [2.05, 4.69) is 34.5 Å². The average Bonchev–Trinajstić information content (AvgIpc) is 3.41. The first kappa shape index (κ1) is 18.2. The van der Waals surface area contributed by atoms with E-state index in [1.54, 1.807) is 0 Å². The van der Waals surface area contributed by atoms with E-state index in [9.17, 15) is 4.79 Å². The molecule has 5 nitrogen and oxygen atoms in total. The van der Waals surface area contributed by atoms with Gasteiger partial charge in [0.1, 0.15) is 5.69 Å². The molecule has 2 aromatic rings. The van der Waals surface area contributed by atoms with Crippen LogP contribution in [0.3, 0.4) is 0 Å². The van der Waals surface area contributed by atoms with Crippen LogP contribution in [-0.2, 0) is 17.8 Å². The lowest BCUT2D eigenvalue weighted by molar-refractivity contribution is 0.0684. The maximum atomic E-state index is 12.5. The van der Waals surface area contributed by atoms with Crippen molar-refractivity contribution >= 4 is 5.91 Å². The van der Waals surface area contributed by atoms with Gasteiger partial charge in [0.25, 0.3) is 5.91 Å². The van der Waals surface area contributed by atoms with E-state index in [1.165, 1.54) is 24.0 Å². The lowest BCUT2D eigenvalue weighted by Crippen LogP contribution is -2.39. The van der Waals surface area contributed by atoms with Crippen LogP contribution in [0.4, 0.5) is 0 Å². The van der Waals surface area contributed by atoms with Gasteiger partial charge < -0.3 is 9.64 Å². The molecule has 1 aromatic heterocycles. The Balaban J connectivity index is 1.22. The highest BCUT2D eigenvalue weighted by Crippen LogP contribution is 2.29. The van der Waals surface area contributed by atoms with E-state index < -0.39 is 0 Å². The van der Waals surface area contributed by atoms with Gasteiger partial charge >= 0.3 is 0 Å². The van der Waals surface area contributed by atoms with Gasteiger partial charge in [-0.3, -0.25) is 9.89 Å². The highest BCUT2D eigenvalue weighted by atomic mass is 16.5. The molecule has 0 radical (unpaired) electrons. The maximum Gasteiger partial charge on any atom is 0.274 e. The van der Waals surface area contributed by atoms with Crippen molar-refractivity contribution in [3.05, 3.63) is 52.8 Å². The number of aryl methyl sites for hydroxylation is 1. The van der Waals surface area contributed by atoms with Gasteiger partial charge in [-0.05, 0) is 68.1 Å². The van der Waals surface area contributed by atoms with Gasteiger partial charge in [0.2, 0.25) is 0 Å². The standard InChI is InChI=1S/C22H29N3O2/c1-16-12-21(24-23-16)22(26)25-10-8-18(9-11-25)13-17-2-4-19(5-3-17)14-27-15-20-6-7-20/h2-5,12,18,20H,6-11,13-15H2,1H3,(H,23,24). The molecule has 0 unspecified atom stereocenters. The highest BCUT2D eigenvalue weighted by Gasteiger charge is 2.25. The molecule has 0 atom stereocenters. The fourth-order valence-electron chi connectivity index (χ4n) is 3.76. The number of aromatic amines is 1. The van der Waals surface area contributed by atoms with Crippen molar-refractivity contribution in [2.45, 2.75) is 45.6 Å². The predicted octanol–water partition coefficient (Wildman–Crippen LogP) is 3.74. The Morgan fingerprint density at radius 1 is 1.11 bits per heavy atom. The summed E-state index contributed by atoms with van der Waals surface area (Å²) in [7, 11) is 0. The summed E-state index contributed by atoms with van der Waals surface area (Å²) in [6, 6.07) is 10.7. The Hall–Kier alpha value is -2.14. The third-order valence-electron chi connectivity index (χ3n) is 5.69. The largest absolute Gasteiger partial charge is 0.376 e. The number of nitrogens with one attached hydrogen (secondary N) is 1. The number of benzene rings is 1. The van der Waals surface area contributed by atoms with E-state index in [-0.39, 0.29) is 5.91 Å². The number of likely N-dealkylation sites (tertiary alicyclic amines) is 1. The number of ether oxygens (including phenoxy) is 1. The minimum absolute atomic E-state index is 0.0494. The zero-order valence-electron chi connectivity index (χ0n) is 16.1. The molecule has 0 bridgehead atoms. The SMILES string of the molecule is Cc1cc(C(=O)N2CCC(Cc3ccc(COCC4CC4)cc3)CC2)n[nH]1. The zero-order valence-corrected chi connectivity index (χ0v) is 16.1. The van der Waals surface area contributed by atoms with Crippen LogP contribution >= 0.6 is 0 Å². The normalized spacial score (nSPS) is 18.0. The van der Waals surface area contributed by atoms with Crippen molar-refractivity contribution in [1.82, 2.24) is 15.1 Å². The number of rotatable bonds is 7. The molecule has 1 aliphatic heterocycles. The number of piperidine rings is 1. The van der Waals surface area contributed by atoms with Crippen LogP contribution in [0.5, 0.6) is 0 Å². The van der Waals surface area contributed by atoms with Crippen LogP contribution < -0.4 is 0 Å². The fourth-order valence-corrected chi connectivity index (χ4v) is 3.76. The van der Waals surface area contributed by atoms with Gasteiger partial charge in [0, 0.05) is 25.4 Å². The number of carbonyl (C=O) groups excluding carboxylic acids is 1. The van der Waals surface area contributed by atoms with E-state index >= 15 is 0 Å². The second-order valence-corrected chi connectivity index (χ2v) is 8.15. The lowest BCUT2D eigenvalue weighted by Gasteiger charge is -2.31. The van der Waals surface area contributed by atoms with Gasteiger partial charge in [-0.1, -0.05) is 24.3 Å². The first-order valence-corrected chi connectivity index (χ1v) is 10.1. The highest BCUT2D eigenvalue weighted by molar-refractivity contribution is 5.92. The summed E-state index contributed by atoms with van der Waals surface area (Å²) in [6.45, 7) is 5.20. The van der Waals surface area contributed by atoms with E-state index in [4.69, 9.17) is 4.74 Å². The molecule has 2 aliphatic rings. The summed E-state index contributed by atoms with van der Waals surface area (Å²) in [4.78, 5) is 14.4. The number of aromatic nitrogens is 2. The van der Waals surface area contributed by atoms with Crippen molar-refractivity contribution in [1.29, 1.82) is 0 Å². The molecule has 1 saturated carbocycles. The number of amides is 1. The minimum atomic E-state index is 0.0494. The molecule has 1 amide bonds. The molecule has 2 heterocycles. The van der Waals surface area contributed by atoms with Gasteiger partial charge in [0.05, 0.1) is 6.61 Å². The summed E-state index contributed by atoms with van der Waals surface area (Å²) >= 11 is 0. The summed E-state index contributed by atoms with van der Waals surface area (Å²) in [5.41, 5.74) is 4.10. The fraction of sp³-hybridized carbons (Fsp3) is 0.545. The van der Waals surface area contributed by atoms with Crippen molar-refractivity contribution in [3.63, 3.8) is 0 Å². The molecule has 2 fully saturated rings. The second-order valence-electron chi connectivity index (χ2n) is 8.15. The van der Waals surface area contributed by atoms with Crippen molar-refractivity contribution in [2.75, 3.05) is 19.7 Å². The third-order valence-corrected chi connectivity index (χ3v) is 5.69. The van der Waals surface area contributed by atoms with Gasteiger partial charge in [-0.2, -0.15) is 5.10 Å². The third kappa shape index (κ3) is 4.98. The summed E-state index contributed by atoms with van der Waals surface area (Å²) in [5.74, 6) is 1.51. The molecule has 144 valence electrons. The Bertz CT molecular complexity index is 756. The Kier molecular flexibility index (Phi) is 5.58. The zero-order chi connectivity index (χ0) is 18.6. The van der Waals surface area contributed by atoms with E-state index in [0.29, 0.717) is 11.6 Å². The predicted molar refractivity (Wildman–Crippen MR) is 104 cm³/mol. The number of carbonyl (C=O) groups is 1. The lowest BCUT2D eigenvalue weighted by atomic mass is 9.90. The molecule has 1 aliphatic carbocycles. The smallest absolute Gasteiger partial charge is 0.274 e. The van der Waals surface area contributed by atoms with Crippen LogP contribution in [0.25, 0.3) is 0 Å². The van der Waals surface area contributed by atoms with Gasteiger partial charge in [0.15, 0.2) is 0 Å². The number of nitrogens with zero attached hydrogens (tertiary/aromatic N) is 2. The van der Waals surface area contributed by atoms with Crippen LogP contribution in [0.15, 0.2) is 30.3 Å². The summed E-state index contributed by atoms with van der Waals surface area (Å²) < 4.78 is 5.76. The Labute approximate surface area is 161 Å². The molecular formula is C22H29N3O2. The van der Waals surface area contributed by atoms with Crippen LogP contribution in [-0.4, -0.2) is 40.7 Å². The molecule has 4 rings (SSSR count). The molecule has 5 heteroatoms. The monoisotopic (exact) mass is 367 g/mol. The van der Waals surface area contributed by atoms with Gasteiger partial charge in [-0.15, -0.1) is 0 Å². The van der Waals surface area contributed by atoms with E-state index in [1.807, 2.05) is 17.9 Å².